The third-order valence-corrected chi connectivity index (χ3v) is 3.63. The Labute approximate surface area is 114 Å². The summed E-state index contributed by atoms with van der Waals surface area (Å²) in [6, 6.07) is 7.66. The molecular weight excluding hydrogens is 242 g/mol. The van der Waals surface area contributed by atoms with Crippen LogP contribution in [0.25, 0.3) is 0 Å². The molecule has 1 saturated carbocycles. The highest BCUT2D eigenvalue weighted by molar-refractivity contribution is 6.00. The molecule has 1 aromatic rings. The molecule has 2 atom stereocenters. The van der Waals surface area contributed by atoms with Gasteiger partial charge in [-0.15, -0.1) is 0 Å². The predicted octanol–water partition coefficient (Wildman–Crippen LogP) is 3.22. The predicted molar refractivity (Wildman–Crippen MR) is 74.1 cm³/mol. The first-order valence-electron chi connectivity index (χ1n) is 6.72. The van der Waals surface area contributed by atoms with E-state index in [9.17, 15) is 0 Å². The normalized spacial score (nSPS) is 24.2. The molecule has 1 aliphatic carbocycles. The Morgan fingerprint density at radius 1 is 1.26 bits per heavy atom. The highest BCUT2D eigenvalue weighted by Crippen LogP contribution is 2.27. The van der Waals surface area contributed by atoms with Gasteiger partial charge in [-0.1, -0.05) is 17.3 Å². The van der Waals surface area contributed by atoms with Gasteiger partial charge in [-0.05, 0) is 38.3 Å². The maximum Gasteiger partial charge on any atom is 0.128 e. The SMILES string of the molecule is COC1CCCC(Oc2ccccc2C(C)=NO)C1. The summed E-state index contributed by atoms with van der Waals surface area (Å²) in [5.41, 5.74) is 1.40. The lowest BCUT2D eigenvalue weighted by Crippen LogP contribution is -2.29. The number of ether oxygens (including phenoxy) is 2. The molecule has 2 unspecified atom stereocenters. The van der Waals surface area contributed by atoms with Crippen molar-refractivity contribution in [3.63, 3.8) is 0 Å². The second-order valence-corrected chi connectivity index (χ2v) is 4.95. The van der Waals surface area contributed by atoms with E-state index in [0.29, 0.717) is 11.8 Å². The van der Waals surface area contributed by atoms with E-state index in [1.807, 2.05) is 24.3 Å². The number of hydrogen-bond acceptors (Lipinski definition) is 4. The van der Waals surface area contributed by atoms with Crippen molar-refractivity contribution >= 4 is 5.71 Å². The van der Waals surface area contributed by atoms with Gasteiger partial charge in [0.1, 0.15) is 11.9 Å². The van der Waals surface area contributed by atoms with Crippen molar-refractivity contribution in [3.05, 3.63) is 29.8 Å². The summed E-state index contributed by atoms with van der Waals surface area (Å²) in [5.74, 6) is 0.777. The van der Waals surface area contributed by atoms with E-state index < -0.39 is 0 Å². The van der Waals surface area contributed by atoms with Crippen LogP contribution in [0.2, 0.25) is 0 Å². The molecule has 1 aromatic carbocycles. The molecule has 0 radical (unpaired) electrons. The highest BCUT2D eigenvalue weighted by atomic mass is 16.5. The zero-order valence-corrected chi connectivity index (χ0v) is 11.5. The lowest BCUT2D eigenvalue weighted by atomic mass is 9.94. The Hall–Kier alpha value is -1.55. The third kappa shape index (κ3) is 3.47. The van der Waals surface area contributed by atoms with Gasteiger partial charge in [-0.2, -0.15) is 0 Å². The molecule has 0 heterocycles. The quantitative estimate of drug-likeness (QED) is 0.515. The van der Waals surface area contributed by atoms with E-state index in [-0.39, 0.29) is 6.10 Å². The lowest BCUT2D eigenvalue weighted by Gasteiger charge is -2.29. The van der Waals surface area contributed by atoms with Crippen molar-refractivity contribution in [2.24, 2.45) is 5.16 Å². The molecule has 104 valence electrons. The molecule has 4 heteroatoms. The fourth-order valence-electron chi connectivity index (χ4n) is 2.52. The molecule has 4 nitrogen and oxygen atoms in total. The topological polar surface area (TPSA) is 51.0 Å². The van der Waals surface area contributed by atoms with Crippen molar-refractivity contribution < 1.29 is 14.7 Å². The first kappa shape index (κ1) is 13.9. The van der Waals surface area contributed by atoms with E-state index in [1.165, 1.54) is 0 Å². The summed E-state index contributed by atoms with van der Waals surface area (Å²) in [5, 5.41) is 12.2. The molecular formula is C15H21NO3. The third-order valence-electron chi connectivity index (χ3n) is 3.63. The number of para-hydroxylation sites is 1. The Morgan fingerprint density at radius 3 is 2.74 bits per heavy atom. The average molecular weight is 263 g/mol. The molecule has 1 fully saturated rings. The summed E-state index contributed by atoms with van der Waals surface area (Å²) in [7, 11) is 1.75. The Bertz CT molecular complexity index is 445. The van der Waals surface area contributed by atoms with Gasteiger partial charge in [0.25, 0.3) is 0 Å². The largest absolute Gasteiger partial charge is 0.490 e. The Morgan fingerprint density at radius 2 is 2.00 bits per heavy atom. The van der Waals surface area contributed by atoms with Crippen molar-refractivity contribution in [3.8, 4) is 5.75 Å². The maximum atomic E-state index is 8.91. The van der Waals surface area contributed by atoms with Crippen LogP contribution >= 0.6 is 0 Å². The minimum atomic E-state index is 0.173. The van der Waals surface area contributed by atoms with Crippen molar-refractivity contribution in [2.75, 3.05) is 7.11 Å². The first-order chi connectivity index (χ1) is 9.24. The van der Waals surface area contributed by atoms with Gasteiger partial charge < -0.3 is 14.7 Å². The van der Waals surface area contributed by atoms with E-state index in [0.717, 1.165) is 37.0 Å². The second-order valence-electron chi connectivity index (χ2n) is 4.95. The smallest absolute Gasteiger partial charge is 0.128 e. The summed E-state index contributed by atoms with van der Waals surface area (Å²) >= 11 is 0. The van der Waals surface area contributed by atoms with Gasteiger partial charge >= 0.3 is 0 Å². The zero-order chi connectivity index (χ0) is 13.7. The molecule has 2 rings (SSSR count). The fraction of sp³-hybridized carbons (Fsp3) is 0.533. The highest BCUT2D eigenvalue weighted by Gasteiger charge is 2.23. The minimum Gasteiger partial charge on any atom is -0.490 e. The molecule has 0 spiro atoms. The first-order valence-corrected chi connectivity index (χ1v) is 6.72. The van der Waals surface area contributed by atoms with Crippen LogP contribution in [0.4, 0.5) is 0 Å². The van der Waals surface area contributed by atoms with Crippen LogP contribution in [0.3, 0.4) is 0 Å². The van der Waals surface area contributed by atoms with Gasteiger partial charge in [0, 0.05) is 19.1 Å². The Balaban J connectivity index is 2.10. The van der Waals surface area contributed by atoms with Crippen LogP contribution in [0.1, 0.15) is 38.2 Å². The number of benzene rings is 1. The van der Waals surface area contributed by atoms with E-state index >= 15 is 0 Å². The zero-order valence-electron chi connectivity index (χ0n) is 11.5. The van der Waals surface area contributed by atoms with Gasteiger partial charge in [-0.3, -0.25) is 0 Å². The number of nitrogens with zero attached hydrogens (tertiary/aromatic N) is 1. The molecule has 0 saturated heterocycles. The van der Waals surface area contributed by atoms with Crippen LogP contribution in [-0.4, -0.2) is 30.2 Å². The van der Waals surface area contributed by atoms with Crippen LogP contribution in [0.5, 0.6) is 5.75 Å². The standard InChI is InChI=1S/C15H21NO3/c1-11(16-17)14-8-3-4-9-15(14)19-13-7-5-6-12(10-13)18-2/h3-4,8-9,12-13,17H,5-7,10H2,1-2H3. The molecule has 19 heavy (non-hydrogen) atoms. The van der Waals surface area contributed by atoms with E-state index in [1.54, 1.807) is 14.0 Å². The monoisotopic (exact) mass is 263 g/mol. The van der Waals surface area contributed by atoms with Gasteiger partial charge in [-0.25, -0.2) is 0 Å². The summed E-state index contributed by atoms with van der Waals surface area (Å²) in [4.78, 5) is 0. The molecule has 0 amide bonds. The average Bonchev–Trinajstić information content (AvgIpc) is 2.47. The molecule has 0 aromatic heterocycles. The summed E-state index contributed by atoms with van der Waals surface area (Å²) in [6.07, 6.45) is 4.65. The van der Waals surface area contributed by atoms with Crippen molar-refractivity contribution in [2.45, 2.75) is 44.8 Å². The molecule has 0 aliphatic heterocycles. The van der Waals surface area contributed by atoms with Gasteiger partial charge in [0.05, 0.1) is 11.8 Å². The maximum absolute atomic E-state index is 8.91. The van der Waals surface area contributed by atoms with Gasteiger partial charge in [0.2, 0.25) is 0 Å². The number of methoxy groups -OCH3 is 1. The summed E-state index contributed by atoms with van der Waals surface area (Å²) in [6.45, 7) is 1.76. The molecule has 1 aliphatic rings. The van der Waals surface area contributed by atoms with Crippen molar-refractivity contribution in [1.82, 2.24) is 0 Å². The number of oxime groups is 1. The van der Waals surface area contributed by atoms with Crippen LogP contribution < -0.4 is 4.74 Å². The number of hydrogen-bond donors (Lipinski definition) is 1. The fourth-order valence-corrected chi connectivity index (χ4v) is 2.52. The minimum absolute atomic E-state index is 0.173. The van der Waals surface area contributed by atoms with E-state index in [2.05, 4.69) is 5.16 Å². The Kier molecular flexibility index (Phi) is 4.80. The van der Waals surface area contributed by atoms with Crippen LogP contribution in [-0.2, 0) is 4.74 Å². The van der Waals surface area contributed by atoms with Crippen molar-refractivity contribution in [1.29, 1.82) is 0 Å². The van der Waals surface area contributed by atoms with Gasteiger partial charge in [0.15, 0.2) is 0 Å². The lowest BCUT2D eigenvalue weighted by molar-refractivity contribution is 0.0209. The number of rotatable bonds is 4. The van der Waals surface area contributed by atoms with Crippen LogP contribution in [0, 0.1) is 0 Å². The molecule has 0 bridgehead atoms. The summed E-state index contributed by atoms with van der Waals surface area (Å²) < 4.78 is 11.5. The van der Waals surface area contributed by atoms with E-state index in [4.69, 9.17) is 14.7 Å². The molecule has 1 N–H and O–H groups in total. The second kappa shape index (κ2) is 6.57. The van der Waals surface area contributed by atoms with Crippen LogP contribution in [0.15, 0.2) is 29.4 Å².